The van der Waals surface area contributed by atoms with Gasteiger partial charge in [0.1, 0.15) is 0 Å². The van der Waals surface area contributed by atoms with E-state index in [0.29, 0.717) is 23.4 Å². The number of amides is 2. The third kappa shape index (κ3) is 5.99. The molecule has 2 aromatic rings. The molecule has 1 aliphatic carbocycles. The van der Waals surface area contributed by atoms with Gasteiger partial charge in [-0.3, -0.25) is 19.5 Å². The van der Waals surface area contributed by atoms with Crippen molar-refractivity contribution in [2.75, 3.05) is 26.2 Å². The van der Waals surface area contributed by atoms with E-state index in [1.807, 2.05) is 24.1 Å². The zero-order valence-corrected chi connectivity index (χ0v) is 19.8. The molecule has 1 spiro atoms. The quantitative estimate of drug-likeness (QED) is 0.747. The summed E-state index contributed by atoms with van der Waals surface area (Å²) in [6.07, 6.45) is 12.3. The van der Waals surface area contributed by atoms with E-state index in [2.05, 4.69) is 27.1 Å². The Balaban J connectivity index is 0.000000157. The van der Waals surface area contributed by atoms with Crippen LogP contribution in [0.3, 0.4) is 0 Å². The van der Waals surface area contributed by atoms with Crippen LogP contribution in [0.25, 0.3) is 0 Å². The fourth-order valence-electron chi connectivity index (χ4n) is 4.71. The second kappa shape index (κ2) is 10.5. The largest absolute Gasteiger partial charge is 0.438 e. The van der Waals surface area contributed by atoms with Crippen molar-refractivity contribution < 1.29 is 14.0 Å². The van der Waals surface area contributed by atoms with Gasteiger partial charge in [-0.2, -0.15) is 0 Å². The summed E-state index contributed by atoms with van der Waals surface area (Å²) in [5, 5.41) is 2.89. The average Bonchev–Trinajstić information content (AvgIpc) is 3.34. The highest BCUT2D eigenvalue weighted by Gasteiger charge is 2.43. The summed E-state index contributed by atoms with van der Waals surface area (Å²) < 4.78 is 5.19. The molecule has 0 bridgehead atoms. The van der Waals surface area contributed by atoms with Gasteiger partial charge in [-0.05, 0) is 68.1 Å². The number of aromatic nitrogens is 2. The van der Waals surface area contributed by atoms with Crippen molar-refractivity contribution in [1.29, 1.82) is 0 Å². The van der Waals surface area contributed by atoms with Crippen molar-refractivity contribution in [2.24, 2.45) is 5.41 Å². The van der Waals surface area contributed by atoms with Gasteiger partial charge in [-0.15, -0.1) is 0 Å². The lowest BCUT2D eigenvalue weighted by Crippen LogP contribution is -2.34. The summed E-state index contributed by atoms with van der Waals surface area (Å²) in [6, 6.07) is 2.03. The Bertz CT molecular complexity index is 943. The third-order valence-corrected chi connectivity index (χ3v) is 6.96. The van der Waals surface area contributed by atoms with Crippen LogP contribution < -0.4 is 5.32 Å². The third-order valence-electron chi connectivity index (χ3n) is 6.96. The molecule has 33 heavy (non-hydrogen) atoms. The van der Waals surface area contributed by atoms with E-state index in [4.69, 9.17) is 4.42 Å². The summed E-state index contributed by atoms with van der Waals surface area (Å²) in [5.41, 5.74) is 3.82. The summed E-state index contributed by atoms with van der Waals surface area (Å²) >= 11 is 0. The van der Waals surface area contributed by atoms with E-state index in [-0.39, 0.29) is 11.8 Å². The first-order valence-electron chi connectivity index (χ1n) is 12.1. The number of aryl methyl sites for hydroxylation is 1. The molecule has 2 aliphatic heterocycles. The van der Waals surface area contributed by atoms with Gasteiger partial charge in [0.25, 0.3) is 5.91 Å². The Kier molecular flexibility index (Phi) is 7.42. The van der Waals surface area contributed by atoms with E-state index < -0.39 is 0 Å². The van der Waals surface area contributed by atoms with Crippen LogP contribution in [-0.4, -0.2) is 57.8 Å². The lowest BCUT2D eigenvalue weighted by molar-refractivity contribution is -0.122. The molecule has 0 unspecified atom stereocenters. The molecule has 2 amide bonds. The smallest absolute Gasteiger partial charge is 0.291 e. The summed E-state index contributed by atoms with van der Waals surface area (Å²) in [4.78, 5) is 35.9. The van der Waals surface area contributed by atoms with E-state index >= 15 is 0 Å². The molecule has 8 heteroatoms. The van der Waals surface area contributed by atoms with E-state index in [9.17, 15) is 9.59 Å². The fourth-order valence-corrected chi connectivity index (χ4v) is 4.71. The molecule has 2 fully saturated rings. The Hall–Kier alpha value is -2.74. The number of oxazole rings is 1. The van der Waals surface area contributed by atoms with Crippen molar-refractivity contribution in [3.8, 4) is 0 Å². The minimum absolute atomic E-state index is 0.0118. The molecule has 8 nitrogen and oxygen atoms in total. The van der Waals surface area contributed by atoms with Crippen molar-refractivity contribution in [2.45, 2.75) is 65.5 Å². The van der Waals surface area contributed by atoms with Crippen molar-refractivity contribution in [3.63, 3.8) is 0 Å². The fraction of sp³-hybridized carbons (Fsp3) is 0.600. The van der Waals surface area contributed by atoms with Crippen LogP contribution in [0.4, 0.5) is 0 Å². The molecule has 1 saturated heterocycles. The first-order chi connectivity index (χ1) is 16.0. The summed E-state index contributed by atoms with van der Waals surface area (Å²) in [6.45, 7) is 8.55. The standard InChI is InChI=1S/C13H18N2O2.C12H17N3O/c1-10-11(17-9-14-10)12(16)15-7-2-3-13(4-5-13)6-8-15;1-2-4-14-12(16)9-15-7-10-3-5-13-6-11(10)8-15/h9H,2-8H2,1H3;3,5-6H,2,4,7-9H2,1H3,(H,14,16). The number of pyridine rings is 1. The molecule has 0 radical (unpaired) electrons. The SMILES string of the molecule is CCCNC(=O)CN1Cc2ccncc2C1.Cc1ncoc1C(=O)N1CCCC2(CC1)CC2. The number of hydrogen-bond donors (Lipinski definition) is 1. The number of nitrogens with zero attached hydrogens (tertiary/aromatic N) is 4. The molecule has 2 aromatic heterocycles. The second-order valence-corrected chi connectivity index (χ2v) is 9.55. The van der Waals surface area contributed by atoms with Crippen LogP contribution in [0.5, 0.6) is 0 Å². The van der Waals surface area contributed by atoms with E-state index in [1.165, 1.54) is 36.8 Å². The number of fused-ring (bicyclic) bond motifs is 1. The van der Waals surface area contributed by atoms with E-state index in [0.717, 1.165) is 52.0 Å². The zero-order chi connectivity index (χ0) is 23.3. The summed E-state index contributed by atoms with van der Waals surface area (Å²) in [5.74, 6) is 0.539. The van der Waals surface area contributed by atoms with Crippen LogP contribution in [0.15, 0.2) is 29.3 Å². The van der Waals surface area contributed by atoms with E-state index in [1.54, 1.807) is 6.20 Å². The molecule has 1 N–H and O–H groups in total. The molecule has 0 atom stereocenters. The summed E-state index contributed by atoms with van der Waals surface area (Å²) in [7, 11) is 0. The number of likely N-dealkylation sites (tertiary alicyclic amines) is 1. The molecule has 1 saturated carbocycles. The zero-order valence-electron chi connectivity index (χ0n) is 19.8. The molecular weight excluding hydrogens is 418 g/mol. The number of carbonyl (C=O) groups is 2. The first-order valence-corrected chi connectivity index (χ1v) is 12.1. The van der Waals surface area contributed by atoms with Gasteiger partial charge in [0.05, 0.1) is 12.2 Å². The number of hydrogen-bond acceptors (Lipinski definition) is 6. The Morgan fingerprint density at radius 3 is 2.67 bits per heavy atom. The maximum atomic E-state index is 12.3. The molecule has 5 rings (SSSR count). The van der Waals surface area contributed by atoms with Crippen LogP contribution in [0.1, 0.15) is 72.8 Å². The van der Waals surface area contributed by atoms with Crippen LogP contribution in [-0.2, 0) is 17.9 Å². The van der Waals surface area contributed by atoms with Gasteiger partial charge in [-0.25, -0.2) is 4.98 Å². The molecule has 0 aromatic carbocycles. The van der Waals surface area contributed by atoms with Gasteiger partial charge in [0, 0.05) is 45.1 Å². The van der Waals surface area contributed by atoms with Gasteiger partial charge in [0.2, 0.25) is 11.7 Å². The predicted octanol–water partition coefficient (Wildman–Crippen LogP) is 3.31. The van der Waals surface area contributed by atoms with Crippen LogP contribution >= 0.6 is 0 Å². The maximum Gasteiger partial charge on any atom is 0.291 e. The predicted molar refractivity (Wildman–Crippen MR) is 124 cm³/mol. The van der Waals surface area contributed by atoms with Crippen molar-refractivity contribution >= 4 is 11.8 Å². The Morgan fingerprint density at radius 1 is 1.15 bits per heavy atom. The minimum atomic E-state index is 0.0118. The highest BCUT2D eigenvalue weighted by molar-refractivity contribution is 5.92. The number of carbonyl (C=O) groups excluding carboxylic acids is 2. The highest BCUT2D eigenvalue weighted by atomic mass is 16.3. The first kappa shape index (κ1) is 23.4. The Morgan fingerprint density at radius 2 is 1.97 bits per heavy atom. The average molecular weight is 454 g/mol. The normalized spacial score (nSPS) is 18.8. The second-order valence-electron chi connectivity index (χ2n) is 9.55. The maximum absolute atomic E-state index is 12.3. The lowest BCUT2D eigenvalue weighted by atomic mass is 9.98. The van der Waals surface area contributed by atoms with Crippen molar-refractivity contribution in [3.05, 3.63) is 47.4 Å². The lowest BCUT2D eigenvalue weighted by Gasteiger charge is -2.19. The van der Waals surface area contributed by atoms with Crippen molar-refractivity contribution in [1.82, 2.24) is 25.1 Å². The highest BCUT2D eigenvalue weighted by Crippen LogP contribution is 2.53. The number of nitrogens with one attached hydrogen (secondary N) is 1. The van der Waals surface area contributed by atoms with Gasteiger partial charge in [0.15, 0.2) is 6.39 Å². The number of rotatable bonds is 5. The minimum Gasteiger partial charge on any atom is -0.438 e. The van der Waals surface area contributed by atoms with Gasteiger partial charge in [-0.1, -0.05) is 6.92 Å². The molecule has 3 aliphatic rings. The van der Waals surface area contributed by atoms with Crippen LogP contribution in [0.2, 0.25) is 0 Å². The molecular formula is C25H35N5O3. The molecule has 4 heterocycles. The monoisotopic (exact) mass is 453 g/mol. The topological polar surface area (TPSA) is 91.6 Å². The van der Waals surface area contributed by atoms with Gasteiger partial charge >= 0.3 is 0 Å². The van der Waals surface area contributed by atoms with Gasteiger partial charge < -0.3 is 14.6 Å². The Labute approximate surface area is 195 Å². The van der Waals surface area contributed by atoms with Crippen LogP contribution in [0, 0.1) is 12.3 Å². The molecule has 178 valence electrons.